The van der Waals surface area contributed by atoms with Crippen molar-refractivity contribution in [3.05, 3.63) is 96.6 Å². The van der Waals surface area contributed by atoms with Crippen LogP contribution in [0.2, 0.25) is 0 Å². The first-order valence-electron chi connectivity index (χ1n) is 32.1. The summed E-state index contributed by atoms with van der Waals surface area (Å²) in [5.41, 5.74) is 17.8. The molecule has 0 bridgehead atoms. The molecule has 0 unspecified atom stereocenters. The molecule has 0 saturated carbocycles. The highest BCUT2D eigenvalue weighted by Gasteiger charge is 2.31. The summed E-state index contributed by atoms with van der Waals surface area (Å²) in [6.45, 7) is 14.8. The number of pyridine rings is 2. The minimum atomic E-state index is -3.92. The minimum absolute atomic E-state index is 0.0551. The summed E-state index contributed by atoms with van der Waals surface area (Å²) < 4.78 is 122. The molecule has 2 fully saturated rings. The number of benzene rings is 4. The second kappa shape index (κ2) is 35.7. The zero-order valence-corrected chi connectivity index (χ0v) is 59.4. The van der Waals surface area contributed by atoms with Crippen LogP contribution in [0.25, 0.3) is 65.2 Å². The molecule has 10 N–H and O–H groups in total. The molecule has 2 amide bonds. The van der Waals surface area contributed by atoms with Gasteiger partial charge in [-0.05, 0) is 173 Å². The van der Waals surface area contributed by atoms with Crippen molar-refractivity contribution in [1.82, 2.24) is 30.4 Å². The third-order valence-corrected chi connectivity index (χ3v) is 17.2. The lowest BCUT2D eigenvalue weighted by Gasteiger charge is -2.39. The Morgan fingerprint density at radius 3 is 1.22 bits per heavy atom. The number of nitrogens with one attached hydrogen (secondary N) is 4. The highest BCUT2D eigenvalue weighted by Crippen LogP contribution is 2.38. The fourth-order valence-corrected chi connectivity index (χ4v) is 12.5. The monoisotopic (exact) mass is 1410 g/mol. The fraction of sp³-hybridized carbons (Fsp3) is 0.515. The molecule has 30 heteroatoms. The third-order valence-electron chi connectivity index (χ3n) is 17.2. The Balaban J connectivity index is 0.000000639. The number of aromatic nitrogens is 4. The first-order chi connectivity index (χ1) is 45.1. The Bertz CT molecular complexity index is 4030. The summed E-state index contributed by atoms with van der Waals surface area (Å²) in [5.74, 6) is 3.30. The van der Waals surface area contributed by atoms with Crippen molar-refractivity contribution < 1.29 is 80.1 Å². The van der Waals surface area contributed by atoms with Gasteiger partial charge in [-0.1, -0.05) is 26.7 Å². The maximum atomic E-state index is 13.1. The number of nitrogens with zero attached hydrogens (tertiary/aromatic N) is 4. The van der Waals surface area contributed by atoms with Gasteiger partial charge in [0, 0.05) is 82.1 Å². The van der Waals surface area contributed by atoms with E-state index >= 15 is 0 Å². The Hall–Kier alpha value is -6.68. The topological polar surface area (TPSA) is 398 Å². The van der Waals surface area contributed by atoms with Gasteiger partial charge in [-0.15, -0.1) is 0 Å². The van der Waals surface area contributed by atoms with Crippen LogP contribution in [0.15, 0.2) is 85.5 Å². The predicted molar refractivity (Wildman–Crippen MR) is 372 cm³/mol. The highest BCUT2D eigenvalue weighted by atomic mass is 32.2. The smallest absolute Gasteiger partial charge is 0.261 e. The number of H-pyrrole nitrogens is 2. The summed E-state index contributed by atoms with van der Waals surface area (Å²) in [6, 6.07) is 21.4. The summed E-state index contributed by atoms with van der Waals surface area (Å²) >= 11 is 0. The lowest BCUT2D eigenvalue weighted by Crippen LogP contribution is -2.46. The number of hydrogen-bond donors (Lipinski definition) is 8. The van der Waals surface area contributed by atoms with E-state index in [0.717, 1.165) is 169 Å². The minimum Gasteiger partial charge on any atom is -0.748 e. The van der Waals surface area contributed by atoms with Crippen LogP contribution in [0.5, 0.6) is 11.5 Å². The van der Waals surface area contributed by atoms with Gasteiger partial charge in [0.1, 0.15) is 11.5 Å². The van der Waals surface area contributed by atoms with Crippen LogP contribution < -0.4 is 40.7 Å². The number of likely N-dealkylation sites (tertiary alicyclic amines) is 2. The van der Waals surface area contributed by atoms with Crippen LogP contribution in [0, 0.1) is 23.7 Å². The molecule has 10 rings (SSSR count). The summed E-state index contributed by atoms with van der Waals surface area (Å²) in [6.07, 6.45) is 22.3. The molecule has 96 heavy (non-hydrogen) atoms. The zero-order chi connectivity index (χ0) is 70.7. The zero-order valence-electron chi connectivity index (χ0n) is 56.1. The molecule has 4 aromatic heterocycles. The van der Waals surface area contributed by atoms with E-state index in [1.807, 2.05) is 26.0 Å². The number of carbonyl (C=O) groups is 2. The van der Waals surface area contributed by atoms with Crippen LogP contribution in [0.3, 0.4) is 0 Å². The normalized spacial score (nSPS) is 15.2. The third kappa shape index (κ3) is 25.6. The summed E-state index contributed by atoms with van der Waals surface area (Å²) in [5, 5.41) is 15.8. The maximum Gasteiger partial charge on any atom is 0.261 e. The lowest BCUT2D eigenvalue weighted by atomic mass is 9.79. The van der Waals surface area contributed by atoms with E-state index in [1.165, 1.54) is 47.2 Å². The SMILES string of the molecule is COc1ccc2[nH]c3c(CNC(=O)[C@@H](C)CCCCN)cc4cc[n+](CCN5CCC(C6CCN(CC[n+]7ccc8cc(CNC(=O)[C@@H](C)CCCCN)c9[nH]c%10ccc(OC)cc%10c9c8c7)CC6)CC5)cc4c3c2c1.CS(=O)(=O)O.CS(=O)(=O)O.CS(=O)(=O)[O-].CS(=O)(=O)[O-]. The van der Waals surface area contributed by atoms with Gasteiger partial charge in [0.15, 0.2) is 37.9 Å². The van der Waals surface area contributed by atoms with Crippen LogP contribution in [-0.2, 0) is 76.2 Å². The standard InChI is InChI=1S/C62H80N10O4.4CH4O3S/c1-41(9-5-7-21-63)61(73)65-37-47-33-45-19-27-71(39-53(45)57-51-35-49(75-3)11-13-55(51)67-59(47)57)31-29-69-23-15-43(16-24-69)44-17-25-70(26-18-44)30-32-72-28-20-46-34-48(38-66-62(74)42(2)10-6-8-22-64)60-58(54(46)40-72)52-36-50(76-4)12-14-56(52)68-60;4*1-5(2,3)4/h11-14,19-20,27-28,33-36,39-44H,5-10,15-18,21-26,29-32,37-38,63-64H2,1-4H3,(H2,65,66,73,74);4*1H3,(H,2,3,4)/t41-,42-;;;;/m0..../s1. The molecule has 4 aromatic carbocycles. The first kappa shape index (κ1) is 78.3. The Labute approximate surface area is 563 Å². The number of piperidine rings is 2. The van der Waals surface area contributed by atoms with E-state index < -0.39 is 40.5 Å². The van der Waals surface area contributed by atoms with Crippen molar-refractivity contribution in [2.45, 2.75) is 104 Å². The lowest BCUT2D eigenvalue weighted by molar-refractivity contribution is -0.695. The number of nitrogens with two attached hydrogens (primary N) is 2. The van der Waals surface area contributed by atoms with Crippen molar-refractivity contribution in [3.63, 3.8) is 0 Å². The molecule has 2 aliphatic heterocycles. The average Bonchev–Trinajstić information content (AvgIpc) is 1.57. The van der Waals surface area contributed by atoms with Crippen LogP contribution in [0.1, 0.15) is 89.2 Å². The maximum absolute atomic E-state index is 13.1. The van der Waals surface area contributed by atoms with Gasteiger partial charge in [0.25, 0.3) is 20.2 Å². The largest absolute Gasteiger partial charge is 0.748 e. The van der Waals surface area contributed by atoms with Crippen molar-refractivity contribution in [3.8, 4) is 11.5 Å². The second-order valence-electron chi connectivity index (χ2n) is 25.1. The molecule has 530 valence electrons. The molecule has 0 aliphatic carbocycles. The number of hydrogen-bond acceptors (Lipinski definition) is 18. The number of unbranched alkanes of at least 4 members (excludes halogenated alkanes) is 2. The molecule has 2 saturated heterocycles. The predicted octanol–water partition coefficient (Wildman–Crippen LogP) is 6.07. The number of aromatic amines is 2. The van der Waals surface area contributed by atoms with Crippen LogP contribution in [-0.4, -0.2) is 175 Å². The number of rotatable bonds is 23. The summed E-state index contributed by atoms with van der Waals surface area (Å²) in [7, 11) is -11.7. The molecule has 6 heterocycles. The van der Waals surface area contributed by atoms with Gasteiger partial charge in [0.2, 0.25) is 11.8 Å². The second-order valence-corrected chi connectivity index (χ2v) is 30.8. The van der Waals surface area contributed by atoms with E-state index in [-0.39, 0.29) is 23.7 Å². The van der Waals surface area contributed by atoms with E-state index in [4.69, 9.17) is 56.0 Å². The highest BCUT2D eigenvalue weighted by molar-refractivity contribution is 7.85. The van der Waals surface area contributed by atoms with Gasteiger partial charge >= 0.3 is 0 Å². The molecular formula is C66H96N10O16S4. The molecule has 2 atom stereocenters. The van der Waals surface area contributed by atoms with E-state index in [0.29, 0.717) is 51.2 Å². The Morgan fingerprint density at radius 1 is 0.573 bits per heavy atom. The fourth-order valence-electron chi connectivity index (χ4n) is 12.5. The molecule has 0 radical (unpaired) electrons. The Morgan fingerprint density at radius 2 is 0.906 bits per heavy atom. The van der Waals surface area contributed by atoms with Crippen molar-refractivity contribution in [2.24, 2.45) is 35.1 Å². The van der Waals surface area contributed by atoms with Gasteiger partial charge in [0.05, 0.1) is 81.9 Å². The number of fused-ring (bicyclic) bond motifs is 10. The molecule has 0 spiro atoms. The number of carbonyl (C=O) groups excluding carboxylic acids is 2. The van der Waals surface area contributed by atoms with Crippen LogP contribution in [0.4, 0.5) is 0 Å². The first-order valence-corrected chi connectivity index (χ1v) is 39.4. The van der Waals surface area contributed by atoms with Crippen molar-refractivity contribution >= 4 is 117 Å². The van der Waals surface area contributed by atoms with Gasteiger partial charge in [-0.2, -0.15) is 16.8 Å². The molecule has 8 aromatic rings. The number of ether oxygens (including phenoxy) is 2. The van der Waals surface area contributed by atoms with Crippen LogP contribution >= 0.6 is 0 Å². The van der Waals surface area contributed by atoms with Gasteiger partial charge in [-0.25, -0.2) is 26.0 Å². The molecule has 2 aliphatic rings. The molecular weight excluding hydrogens is 1320 g/mol. The molecule has 26 nitrogen and oxygen atoms in total. The quantitative estimate of drug-likeness (QED) is 0.0204. The number of amides is 2. The van der Waals surface area contributed by atoms with E-state index in [1.54, 1.807) is 14.2 Å². The van der Waals surface area contributed by atoms with Crippen molar-refractivity contribution in [1.29, 1.82) is 0 Å². The van der Waals surface area contributed by atoms with Crippen molar-refractivity contribution in [2.75, 3.05) is 91.6 Å². The number of methoxy groups -OCH3 is 2. The summed E-state index contributed by atoms with van der Waals surface area (Å²) in [4.78, 5) is 39.0. The van der Waals surface area contributed by atoms with Gasteiger partial charge < -0.3 is 50.6 Å². The Kier molecular flexibility index (Phi) is 29.1. The van der Waals surface area contributed by atoms with Gasteiger partial charge in [-0.3, -0.25) is 28.5 Å². The van der Waals surface area contributed by atoms with E-state index in [9.17, 15) is 26.4 Å². The van der Waals surface area contributed by atoms with E-state index in [2.05, 4.69) is 113 Å². The average molecular weight is 1410 g/mol.